The summed E-state index contributed by atoms with van der Waals surface area (Å²) < 4.78 is 40.8. The lowest BCUT2D eigenvalue weighted by Crippen LogP contribution is -2.29. The molecule has 0 fully saturated rings. The van der Waals surface area contributed by atoms with Crippen LogP contribution in [-0.4, -0.2) is 56.6 Å². The molecule has 1 atom stereocenters. The van der Waals surface area contributed by atoms with Gasteiger partial charge in [-0.25, -0.2) is 0 Å². The minimum absolute atomic E-state index is 0.262. The molecule has 1 aromatic heterocycles. The van der Waals surface area contributed by atoms with E-state index in [4.69, 9.17) is 9.47 Å². The summed E-state index contributed by atoms with van der Waals surface area (Å²) >= 11 is 0. The summed E-state index contributed by atoms with van der Waals surface area (Å²) in [5.74, 6) is 1.21. The normalized spacial score (nSPS) is 14.4. The van der Waals surface area contributed by atoms with E-state index in [0.29, 0.717) is 24.5 Å². The number of benzene rings is 3. The molecule has 224 valence electrons. The molecule has 0 bridgehead atoms. The Hall–Kier alpha value is -3.57. The highest BCUT2D eigenvalue weighted by molar-refractivity contribution is 7.90. The number of hydrogen-bond donors (Lipinski definition) is 4. The Labute approximate surface area is 248 Å². The molecule has 4 N–H and O–H groups in total. The quantitative estimate of drug-likeness (QED) is 0.129. The first-order valence-corrected chi connectivity index (χ1v) is 15.9. The largest absolute Gasteiger partial charge is 0.492 e. The summed E-state index contributed by atoms with van der Waals surface area (Å²) in [5, 5.41) is 15.3. The molecular formula is C32H40N4O5S. The summed E-state index contributed by atoms with van der Waals surface area (Å²) in [6.07, 6.45) is 5.10. The van der Waals surface area contributed by atoms with E-state index in [-0.39, 0.29) is 18.8 Å². The minimum atomic E-state index is -3.78. The number of aliphatic hydroxyl groups excluding tert-OH is 1. The molecule has 1 unspecified atom stereocenters. The van der Waals surface area contributed by atoms with E-state index in [2.05, 4.69) is 27.2 Å². The van der Waals surface area contributed by atoms with Crippen molar-refractivity contribution in [1.82, 2.24) is 14.6 Å². The van der Waals surface area contributed by atoms with Gasteiger partial charge in [-0.15, -0.1) is 0 Å². The smallest absolute Gasteiger partial charge is 0.301 e. The molecule has 0 saturated heterocycles. The second-order valence-electron chi connectivity index (χ2n) is 10.8. The zero-order valence-corrected chi connectivity index (χ0v) is 25.0. The first kappa shape index (κ1) is 29.9. The van der Waals surface area contributed by atoms with E-state index in [1.165, 1.54) is 55.5 Å². The Balaban J connectivity index is 1.17. The molecule has 0 saturated carbocycles. The maximum absolute atomic E-state index is 12.6. The third kappa shape index (κ3) is 7.43. The van der Waals surface area contributed by atoms with Gasteiger partial charge in [0, 0.05) is 43.8 Å². The van der Waals surface area contributed by atoms with Crippen LogP contribution in [0.25, 0.3) is 10.9 Å². The summed E-state index contributed by atoms with van der Waals surface area (Å²) in [4.78, 5) is 3.58. The number of aryl methyl sites for hydroxylation is 2. The highest BCUT2D eigenvalue weighted by Gasteiger charge is 2.19. The molecule has 1 aliphatic carbocycles. The molecule has 0 amide bonds. The second kappa shape index (κ2) is 13.6. The number of aromatic amines is 1. The number of nitrogens with one attached hydrogen (secondary N) is 3. The molecule has 5 rings (SSSR count). The van der Waals surface area contributed by atoms with E-state index in [1.807, 2.05) is 36.4 Å². The van der Waals surface area contributed by atoms with E-state index in [0.717, 1.165) is 28.5 Å². The number of ether oxygens (including phenoxy) is 2. The SMILES string of the molecule is CN(C)S(=O)(=O)Nc1cc(C(O)CNCCOc2ccc3[nH]c4c(c3c2)CCCCC4)ccc1OCc1ccccc1. The minimum Gasteiger partial charge on any atom is -0.492 e. The van der Waals surface area contributed by atoms with Crippen molar-refractivity contribution < 1.29 is 23.0 Å². The Bertz CT molecular complexity index is 1590. The molecule has 42 heavy (non-hydrogen) atoms. The van der Waals surface area contributed by atoms with Crippen LogP contribution in [0.1, 0.15) is 47.8 Å². The Morgan fingerprint density at radius 2 is 1.79 bits per heavy atom. The van der Waals surface area contributed by atoms with Crippen molar-refractivity contribution in [3.63, 3.8) is 0 Å². The molecule has 1 heterocycles. The average molecular weight is 593 g/mol. The average Bonchev–Trinajstić information content (AvgIpc) is 3.15. The Kier molecular flexibility index (Phi) is 9.69. The fraction of sp³-hybridized carbons (Fsp3) is 0.375. The van der Waals surface area contributed by atoms with Crippen LogP contribution in [0, 0.1) is 0 Å². The van der Waals surface area contributed by atoms with Crippen molar-refractivity contribution in [2.24, 2.45) is 0 Å². The predicted molar refractivity (Wildman–Crippen MR) is 166 cm³/mol. The summed E-state index contributed by atoms with van der Waals surface area (Å²) in [5.41, 5.74) is 5.74. The van der Waals surface area contributed by atoms with Gasteiger partial charge in [-0.3, -0.25) is 4.72 Å². The van der Waals surface area contributed by atoms with Gasteiger partial charge in [0.1, 0.15) is 24.7 Å². The number of anilines is 1. The van der Waals surface area contributed by atoms with Gasteiger partial charge in [-0.05, 0) is 72.7 Å². The molecule has 10 heteroatoms. The number of aliphatic hydroxyl groups is 1. The number of fused-ring (bicyclic) bond motifs is 3. The van der Waals surface area contributed by atoms with Gasteiger partial charge in [-0.1, -0.05) is 42.8 Å². The monoisotopic (exact) mass is 592 g/mol. The molecule has 0 radical (unpaired) electrons. The van der Waals surface area contributed by atoms with Crippen molar-refractivity contribution in [2.75, 3.05) is 38.5 Å². The van der Waals surface area contributed by atoms with Gasteiger partial charge >= 0.3 is 10.2 Å². The summed E-state index contributed by atoms with van der Waals surface area (Å²) in [7, 11) is -0.885. The Morgan fingerprint density at radius 3 is 2.60 bits per heavy atom. The number of hydrogen-bond acceptors (Lipinski definition) is 6. The van der Waals surface area contributed by atoms with Crippen molar-refractivity contribution in [3.8, 4) is 11.5 Å². The molecule has 0 spiro atoms. The first-order chi connectivity index (χ1) is 20.3. The third-order valence-electron chi connectivity index (χ3n) is 7.55. The van der Waals surface area contributed by atoms with Gasteiger partial charge < -0.3 is 24.9 Å². The van der Waals surface area contributed by atoms with Crippen LogP contribution in [0.4, 0.5) is 5.69 Å². The van der Waals surface area contributed by atoms with Gasteiger partial charge in [0.05, 0.1) is 11.8 Å². The molecule has 1 aliphatic rings. The van der Waals surface area contributed by atoms with Crippen LogP contribution in [0.2, 0.25) is 0 Å². The fourth-order valence-corrected chi connectivity index (χ4v) is 5.80. The number of aromatic nitrogens is 1. The number of rotatable bonds is 13. The zero-order chi connectivity index (χ0) is 29.5. The van der Waals surface area contributed by atoms with Gasteiger partial charge in [-0.2, -0.15) is 12.7 Å². The summed E-state index contributed by atoms with van der Waals surface area (Å²) in [6.45, 7) is 1.54. The molecule has 4 aromatic rings. The third-order valence-corrected chi connectivity index (χ3v) is 8.99. The van der Waals surface area contributed by atoms with E-state index in [9.17, 15) is 13.5 Å². The molecular weight excluding hydrogens is 552 g/mol. The number of nitrogens with zero attached hydrogens (tertiary/aromatic N) is 1. The van der Waals surface area contributed by atoms with Gasteiger partial charge in [0.2, 0.25) is 0 Å². The van der Waals surface area contributed by atoms with Gasteiger partial charge in [0.15, 0.2) is 0 Å². The molecule has 0 aliphatic heterocycles. The highest BCUT2D eigenvalue weighted by atomic mass is 32.2. The van der Waals surface area contributed by atoms with Crippen LogP contribution in [-0.2, 0) is 29.7 Å². The van der Waals surface area contributed by atoms with Crippen LogP contribution >= 0.6 is 0 Å². The lowest BCUT2D eigenvalue weighted by atomic mass is 10.1. The first-order valence-electron chi connectivity index (χ1n) is 14.5. The van der Waals surface area contributed by atoms with Crippen molar-refractivity contribution in [2.45, 2.75) is 44.8 Å². The lowest BCUT2D eigenvalue weighted by Gasteiger charge is -2.19. The van der Waals surface area contributed by atoms with Crippen LogP contribution in [0.5, 0.6) is 11.5 Å². The van der Waals surface area contributed by atoms with Gasteiger partial charge in [0.25, 0.3) is 0 Å². The zero-order valence-electron chi connectivity index (χ0n) is 24.2. The maximum atomic E-state index is 12.6. The lowest BCUT2D eigenvalue weighted by molar-refractivity contribution is 0.172. The van der Waals surface area contributed by atoms with Crippen molar-refractivity contribution in [1.29, 1.82) is 0 Å². The topological polar surface area (TPSA) is 116 Å². The van der Waals surface area contributed by atoms with Crippen LogP contribution in [0.3, 0.4) is 0 Å². The predicted octanol–water partition coefficient (Wildman–Crippen LogP) is 4.94. The van der Waals surface area contributed by atoms with E-state index in [1.54, 1.807) is 18.2 Å². The van der Waals surface area contributed by atoms with Crippen molar-refractivity contribution >= 4 is 26.8 Å². The van der Waals surface area contributed by atoms with Crippen molar-refractivity contribution in [3.05, 3.63) is 89.1 Å². The van der Waals surface area contributed by atoms with Crippen LogP contribution in [0.15, 0.2) is 66.7 Å². The maximum Gasteiger partial charge on any atom is 0.301 e. The number of H-pyrrole nitrogens is 1. The Morgan fingerprint density at radius 1 is 0.976 bits per heavy atom. The fourth-order valence-electron chi connectivity index (χ4n) is 5.18. The molecule has 9 nitrogen and oxygen atoms in total. The van der Waals surface area contributed by atoms with E-state index >= 15 is 0 Å². The standard InChI is InChI=1S/C32H40N4O5S/c1-36(2)42(38,39)35-30-19-24(13-16-32(30)41-22-23-9-5-3-6-10-23)31(37)21-33-17-18-40-25-14-15-29-27(20-25)26-11-7-4-8-12-28(26)34-29/h3,5-6,9-10,13-16,19-20,31,33-35,37H,4,7-8,11-12,17-18,21-22H2,1-2H3. The van der Waals surface area contributed by atoms with E-state index < -0.39 is 16.3 Å². The highest BCUT2D eigenvalue weighted by Crippen LogP contribution is 2.32. The summed E-state index contributed by atoms with van der Waals surface area (Å²) in [6, 6.07) is 20.9. The second-order valence-corrected chi connectivity index (χ2v) is 12.7. The van der Waals surface area contributed by atoms with Crippen LogP contribution < -0.4 is 19.5 Å². The molecule has 3 aromatic carbocycles.